The monoisotopic (exact) mass is 403 g/mol. The maximum atomic E-state index is 12.5. The molecule has 0 aliphatic heterocycles. The second-order valence-electron chi connectivity index (χ2n) is 7.45. The number of aryl methyl sites for hydroxylation is 2. The maximum absolute atomic E-state index is 12.5. The van der Waals surface area contributed by atoms with Gasteiger partial charge in [-0.1, -0.05) is 24.3 Å². The first-order chi connectivity index (χ1) is 14.5. The number of carbonyl (C=O) groups excluding carboxylic acids is 1. The van der Waals surface area contributed by atoms with Crippen molar-refractivity contribution in [2.24, 2.45) is 0 Å². The van der Waals surface area contributed by atoms with E-state index in [0.29, 0.717) is 18.8 Å². The third-order valence-electron chi connectivity index (χ3n) is 5.04. The molecule has 3 aromatic carbocycles. The Labute approximate surface area is 178 Å². The number of benzene rings is 3. The van der Waals surface area contributed by atoms with E-state index < -0.39 is 0 Å². The highest BCUT2D eigenvalue weighted by Crippen LogP contribution is 2.20. The van der Waals surface area contributed by atoms with Crippen molar-refractivity contribution < 1.29 is 14.3 Å². The van der Waals surface area contributed by atoms with Crippen LogP contribution in [0.5, 0.6) is 11.5 Å². The molecule has 0 unspecified atom stereocenters. The van der Waals surface area contributed by atoms with Crippen molar-refractivity contribution in [1.29, 1.82) is 0 Å². The van der Waals surface area contributed by atoms with Crippen molar-refractivity contribution in [1.82, 2.24) is 0 Å². The number of hydrogen-bond donors (Lipinski definition) is 1. The van der Waals surface area contributed by atoms with Crippen molar-refractivity contribution in [3.8, 4) is 11.5 Å². The topological polar surface area (TPSA) is 47.6 Å². The quantitative estimate of drug-likeness (QED) is 0.439. The smallest absolute Gasteiger partial charge is 0.255 e. The lowest BCUT2D eigenvalue weighted by atomic mass is 10.1. The fraction of sp³-hybridized carbons (Fsp3) is 0.269. The number of anilines is 1. The molecular formula is C26H29NO3. The lowest BCUT2D eigenvalue weighted by Gasteiger charge is -2.11. The van der Waals surface area contributed by atoms with Gasteiger partial charge in [0.05, 0.1) is 13.2 Å². The number of carbonyl (C=O) groups is 1. The summed E-state index contributed by atoms with van der Waals surface area (Å²) in [6.07, 6.45) is 1.82. The minimum Gasteiger partial charge on any atom is -0.494 e. The van der Waals surface area contributed by atoms with E-state index >= 15 is 0 Å². The minimum absolute atomic E-state index is 0.122. The molecule has 1 N–H and O–H groups in total. The second kappa shape index (κ2) is 10.5. The summed E-state index contributed by atoms with van der Waals surface area (Å²) in [6.45, 7) is 7.38. The fourth-order valence-corrected chi connectivity index (χ4v) is 3.07. The number of unbranched alkanes of at least 4 members (excludes halogenated alkanes) is 1. The van der Waals surface area contributed by atoms with Gasteiger partial charge in [0.1, 0.15) is 11.5 Å². The first-order valence-corrected chi connectivity index (χ1v) is 10.3. The molecule has 0 heterocycles. The first-order valence-electron chi connectivity index (χ1n) is 10.3. The Kier molecular flexibility index (Phi) is 7.50. The van der Waals surface area contributed by atoms with Gasteiger partial charge in [-0.05, 0) is 92.8 Å². The molecule has 4 nitrogen and oxygen atoms in total. The number of nitrogens with one attached hydrogen (secondary N) is 1. The Morgan fingerprint density at radius 1 is 0.800 bits per heavy atom. The van der Waals surface area contributed by atoms with Crippen LogP contribution in [-0.4, -0.2) is 19.1 Å². The van der Waals surface area contributed by atoms with Gasteiger partial charge >= 0.3 is 0 Å². The van der Waals surface area contributed by atoms with Crippen LogP contribution >= 0.6 is 0 Å². The lowest BCUT2D eigenvalue weighted by Crippen LogP contribution is -2.13. The number of hydrogen-bond acceptors (Lipinski definition) is 3. The summed E-state index contributed by atoms with van der Waals surface area (Å²) < 4.78 is 11.5. The zero-order chi connectivity index (χ0) is 21.3. The van der Waals surface area contributed by atoms with E-state index in [0.717, 1.165) is 41.2 Å². The molecule has 0 spiro atoms. The molecule has 1 amide bonds. The maximum Gasteiger partial charge on any atom is 0.255 e. The molecule has 30 heavy (non-hydrogen) atoms. The van der Waals surface area contributed by atoms with Gasteiger partial charge in [0.25, 0.3) is 5.91 Å². The molecule has 0 saturated heterocycles. The van der Waals surface area contributed by atoms with E-state index in [4.69, 9.17) is 9.47 Å². The molecule has 0 atom stereocenters. The fourth-order valence-electron chi connectivity index (χ4n) is 3.07. The lowest BCUT2D eigenvalue weighted by molar-refractivity contribution is 0.102. The van der Waals surface area contributed by atoms with Gasteiger partial charge in [0.2, 0.25) is 0 Å². The van der Waals surface area contributed by atoms with Gasteiger partial charge in [-0.3, -0.25) is 4.79 Å². The standard InChI is InChI=1S/C26H29NO3/c1-19-8-6-10-24(18-19)30-17-5-4-16-29-23-14-12-22(13-15-23)26(28)27-25-11-7-9-20(2)21(25)3/h6-15,18H,4-5,16-17H2,1-3H3,(H,27,28). The van der Waals surface area contributed by atoms with Gasteiger partial charge in [0.15, 0.2) is 0 Å². The Bertz CT molecular complexity index is 980. The average molecular weight is 404 g/mol. The number of rotatable bonds is 9. The van der Waals surface area contributed by atoms with Gasteiger partial charge in [-0.2, -0.15) is 0 Å². The van der Waals surface area contributed by atoms with Gasteiger partial charge < -0.3 is 14.8 Å². The van der Waals surface area contributed by atoms with E-state index in [1.165, 1.54) is 5.56 Å². The molecule has 0 fully saturated rings. The van der Waals surface area contributed by atoms with Crippen LogP contribution in [0.4, 0.5) is 5.69 Å². The highest BCUT2D eigenvalue weighted by molar-refractivity contribution is 6.04. The summed E-state index contributed by atoms with van der Waals surface area (Å²) in [4.78, 5) is 12.5. The van der Waals surface area contributed by atoms with Crippen LogP contribution in [0, 0.1) is 20.8 Å². The zero-order valence-electron chi connectivity index (χ0n) is 17.9. The predicted octanol–water partition coefficient (Wildman–Crippen LogP) is 6.10. The molecule has 0 aliphatic rings. The Hall–Kier alpha value is -3.27. The Morgan fingerprint density at radius 2 is 1.47 bits per heavy atom. The van der Waals surface area contributed by atoms with Crippen molar-refractivity contribution in [3.05, 3.63) is 89.0 Å². The molecule has 156 valence electrons. The third-order valence-corrected chi connectivity index (χ3v) is 5.04. The normalized spacial score (nSPS) is 10.5. The van der Waals surface area contributed by atoms with Crippen LogP contribution in [0.25, 0.3) is 0 Å². The molecule has 0 radical (unpaired) electrons. The van der Waals surface area contributed by atoms with Gasteiger partial charge in [-0.25, -0.2) is 0 Å². The van der Waals surface area contributed by atoms with Crippen LogP contribution < -0.4 is 14.8 Å². The van der Waals surface area contributed by atoms with Crippen LogP contribution in [0.1, 0.15) is 39.9 Å². The predicted molar refractivity (Wildman–Crippen MR) is 122 cm³/mol. The van der Waals surface area contributed by atoms with Gasteiger partial charge in [-0.15, -0.1) is 0 Å². The number of ether oxygens (including phenoxy) is 2. The van der Waals surface area contributed by atoms with Crippen molar-refractivity contribution in [2.45, 2.75) is 33.6 Å². The molecule has 0 aliphatic carbocycles. The van der Waals surface area contributed by atoms with Crippen LogP contribution in [0.15, 0.2) is 66.7 Å². The number of amides is 1. The van der Waals surface area contributed by atoms with Gasteiger partial charge in [0, 0.05) is 11.3 Å². The summed E-state index contributed by atoms with van der Waals surface area (Å²) in [5, 5.41) is 2.98. The average Bonchev–Trinajstić information content (AvgIpc) is 2.74. The summed E-state index contributed by atoms with van der Waals surface area (Å²) >= 11 is 0. The molecular weight excluding hydrogens is 374 g/mol. The zero-order valence-corrected chi connectivity index (χ0v) is 17.9. The summed E-state index contributed by atoms with van der Waals surface area (Å²) in [6, 6.07) is 21.2. The largest absolute Gasteiger partial charge is 0.494 e. The van der Waals surface area contributed by atoms with Crippen molar-refractivity contribution in [3.63, 3.8) is 0 Å². The minimum atomic E-state index is -0.122. The Balaban J connectivity index is 1.40. The van der Waals surface area contributed by atoms with E-state index in [2.05, 4.69) is 18.3 Å². The molecule has 3 aromatic rings. The van der Waals surface area contributed by atoms with Crippen molar-refractivity contribution in [2.75, 3.05) is 18.5 Å². The molecule has 0 bridgehead atoms. The van der Waals surface area contributed by atoms with E-state index in [1.54, 1.807) is 12.1 Å². The van der Waals surface area contributed by atoms with E-state index in [9.17, 15) is 4.79 Å². The first kappa shape index (κ1) is 21.4. The second-order valence-corrected chi connectivity index (χ2v) is 7.45. The van der Waals surface area contributed by atoms with Crippen molar-refractivity contribution >= 4 is 11.6 Å². The molecule has 3 rings (SSSR count). The third kappa shape index (κ3) is 6.11. The summed E-state index contributed by atoms with van der Waals surface area (Å²) in [5.74, 6) is 1.55. The molecule has 4 heteroatoms. The SMILES string of the molecule is Cc1cccc(OCCCCOc2ccc(C(=O)Nc3cccc(C)c3C)cc2)c1. The van der Waals surface area contributed by atoms with E-state index in [-0.39, 0.29) is 5.91 Å². The summed E-state index contributed by atoms with van der Waals surface area (Å²) in [5.41, 5.74) is 4.88. The molecule has 0 saturated carbocycles. The summed E-state index contributed by atoms with van der Waals surface area (Å²) in [7, 11) is 0. The highest BCUT2D eigenvalue weighted by Gasteiger charge is 2.09. The Morgan fingerprint density at radius 3 is 2.17 bits per heavy atom. The van der Waals surface area contributed by atoms with Crippen LogP contribution in [-0.2, 0) is 0 Å². The molecule has 0 aromatic heterocycles. The van der Waals surface area contributed by atoms with Crippen LogP contribution in [0.2, 0.25) is 0 Å². The van der Waals surface area contributed by atoms with E-state index in [1.807, 2.05) is 62.4 Å². The van der Waals surface area contributed by atoms with Crippen LogP contribution in [0.3, 0.4) is 0 Å². The highest BCUT2D eigenvalue weighted by atomic mass is 16.5.